The van der Waals surface area contributed by atoms with Crippen LogP contribution in [-0.2, 0) is 11.0 Å². The topological polar surface area (TPSA) is 54.1 Å². The number of aromatic nitrogens is 1. The van der Waals surface area contributed by atoms with Crippen molar-refractivity contribution in [2.75, 3.05) is 4.72 Å². The lowest BCUT2D eigenvalue weighted by molar-refractivity contribution is -0.0499. The number of H-pyrrole nitrogens is 1. The molecule has 0 spiro atoms. The summed E-state index contributed by atoms with van der Waals surface area (Å²) in [6.45, 7) is -3.13. The fraction of sp³-hybridized carbons (Fsp3) is 0.0588. The van der Waals surface area contributed by atoms with Crippen LogP contribution in [0.5, 0.6) is 5.75 Å². The number of aromatic amines is 1. The molecule has 1 unspecified atom stereocenters. The molecule has 3 aromatic rings. The fourth-order valence-corrected chi connectivity index (χ4v) is 3.29. The van der Waals surface area contributed by atoms with Gasteiger partial charge in [-0.3, -0.25) is 4.72 Å². The van der Waals surface area contributed by atoms with Crippen LogP contribution in [0.4, 0.5) is 18.9 Å². The third-order valence-corrected chi connectivity index (χ3v) is 4.76. The summed E-state index contributed by atoms with van der Waals surface area (Å²) in [4.78, 5) is 3.37. The van der Waals surface area contributed by atoms with E-state index in [2.05, 4.69) is 14.4 Å². The van der Waals surface area contributed by atoms with Crippen LogP contribution in [0.3, 0.4) is 0 Å². The lowest BCUT2D eigenvalue weighted by Crippen LogP contribution is -2.07. The number of rotatable bonds is 6. The van der Waals surface area contributed by atoms with Gasteiger partial charge in [-0.05, 0) is 17.7 Å². The van der Waals surface area contributed by atoms with E-state index in [-0.39, 0.29) is 10.7 Å². The van der Waals surface area contributed by atoms with Crippen LogP contribution in [0.25, 0.3) is 11.3 Å². The van der Waals surface area contributed by atoms with Crippen LogP contribution in [-0.4, -0.2) is 15.8 Å². The number of nitrogens with one attached hydrogen (secondary N) is 2. The van der Waals surface area contributed by atoms with Gasteiger partial charge in [0, 0.05) is 18.0 Å². The van der Waals surface area contributed by atoms with E-state index in [4.69, 9.17) is 11.6 Å². The molecule has 0 aliphatic heterocycles. The van der Waals surface area contributed by atoms with E-state index in [1.165, 1.54) is 6.20 Å². The summed E-state index contributed by atoms with van der Waals surface area (Å²) in [5.74, 6) is -1.42. The zero-order chi connectivity index (χ0) is 18.7. The Bertz CT molecular complexity index is 935. The first-order valence-electron chi connectivity index (χ1n) is 7.30. The Morgan fingerprint density at radius 3 is 2.58 bits per heavy atom. The molecule has 0 radical (unpaired) electrons. The fourth-order valence-electron chi connectivity index (χ4n) is 2.22. The van der Waals surface area contributed by atoms with Gasteiger partial charge < -0.3 is 9.72 Å². The normalized spacial score (nSPS) is 12.2. The van der Waals surface area contributed by atoms with E-state index in [0.717, 1.165) is 17.3 Å². The molecule has 2 N–H and O–H groups in total. The third kappa shape index (κ3) is 4.20. The molecule has 2 aromatic carbocycles. The number of halogens is 4. The molecule has 0 aliphatic carbocycles. The summed E-state index contributed by atoms with van der Waals surface area (Å²) in [6.07, 6.45) is 1.53. The van der Waals surface area contributed by atoms with Gasteiger partial charge in [-0.25, -0.2) is 8.60 Å². The smallest absolute Gasteiger partial charge is 0.387 e. The van der Waals surface area contributed by atoms with Crippen LogP contribution >= 0.6 is 11.6 Å². The van der Waals surface area contributed by atoms with Gasteiger partial charge in [0.1, 0.15) is 5.75 Å². The summed E-state index contributed by atoms with van der Waals surface area (Å²) in [5, 5.41) is -0.231. The minimum atomic E-state index is -3.13. The monoisotopic (exact) mass is 400 g/mol. The zero-order valence-electron chi connectivity index (χ0n) is 13.0. The van der Waals surface area contributed by atoms with E-state index in [1.54, 1.807) is 6.07 Å². The van der Waals surface area contributed by atoms with Gasteiger partial charge in [0.25, 0.3) is 0 Å². The highest BCUT2D eigenvalue weighted by molar-refractivity contribution is 7.86. The van der Waals surface area contributed by atoms with Crippen LogP contribution in [0.1, 0.15) is 0 Å². The first kappa shape index (κ1) is 18.3. The Morgan fingerprint density at radius 2 is 1.88 bits per heavy atom. The van der Waals surface area contributed by atoms with E-state index in [9.17, 15) is 17.4 Å². The SMILES string of the molecule is O=S(Nc1cc(Cl)c(OC(F)F)cc1F)c1c[nH]c(-c2ccccc2)c1. The van der Waals surface area contributed by atoms with Crippen molar-refractivity contribution in [1.82, 2.24) is 4.98 Å². The predicted octanol–water partition coefficient (Wildman–Crippen LogP) is 5.21. The van der Waals surface area contributed by atoms with Crippen LogP contribution in [0, 0.1) is 5.82 Å². The second-order valence-electron chi connectivity index (χ2n) is 5.13. The van der Waals surface area contributed by atoms with Crippen molar-refractivity contribution >= 4 is 28.3 Å². The summed E-state index contributed by atoms with van der Waals surface area (Å²) >= 11 is 5.79. The van der Waals surface area contributed by atoms with Gasteiger partial charge >= 0.3 is 6.61 Å². The van der Waals surface area contributed by atoms with Crippen molar-refractivity contribution in [2.45, 2.75) is 11.5 Å². The highest BCUT2D eigenvalue weighted by Crippen LogP contribution is 2.32. The molecule has 1 atom stereocenters. The van der Waals surface area contributed by atoms with Crippen molar-refractivity contribution in [3.05, 3.63) is 65.6 Å². The van der Waals surface area contributed by atoms with Gasteiger partial charge in [0.15, 0.2) is 16.8 Å². The largest absolute Gasteiger partial charge is 0.433 e. The highest BCUT2D eigenvalue weighted by Gasteiger charge is 2.16. The Balaban J connectivity index is 1.78. The summed E-state index contributed by atoms with van der Waals surface area (Å²) in [5.41, 5.74) is 1.45. The molecule has 0 saturated carbocycles. The Labute approximate surface area is 154 Å². The molecule has 9 heteroatoms. The molecule has 0 fully saturated rings. The predicted molar refractivity (Wildman–Crippen MR) is 94.3 cm³/mol. The second-order valence-corrected chi connectivity index (χ2v) is 6.75. The highest BCUT2D eigenvalue weighted by atomic mass is 35.5. The summed E-state index contributed by atoms with van der Waals surface area (Å²) in [7, 11) is -1.79. The molecular formula is C17H12ClF3N2O2S. The van der Waals surface area contributed by atoms with Crippen LogP contribution in [0.15, 0.2) is 59.6 Å². The molecule has 26 heavy (non-hydrogen) atoms. The molecule has 0 bridgehead atoms. The van der Waals surface area contributed by atoms with E-state index in [1.807, 2.05) is 30.3 Å². The Kier molecular flexibility index (Phi) is 5.53. The van der Waals surface area contributed by atoms with Crippen molar-refractivity contribution in [3.63, 3.8) is 0 Å². The third-order valence-electron chi connectivity index (χ3n) is 3.40. The van der Waals surface area contributed by atoms with Crippen molar-refractivity contribution in [1.29, 1.82) is 0 Å². The van der Waals surface area contributed by atoms with Gasteiger partial charge in [-0.2, -0.15) is 8.78 Å². The average molecular weight is 401 g/mol. The van der Waals surface area contributed by atoms with Gasteiger partial charge in [0.05, 0.1) is 15.6 Å². The molecule has 1 heterocycles. The number of hydrogen-bond donors (Lipinski definition) is 2. The molecule has 3 rings (SSSR count). The average Bonchev–Trinajstić information content (AvgIpc) is 3.10. The van der Waals surface area contributed by atoms with E-state index in [0.29, 0.717) is 11.0 Å². The maximum absolute atomic E-state index is 14.0. The second kappa shape index (κ2) is 7.84. The van der Waals surface area contributed by atoms with Gasteiger partial charge in [-0.1, -0.05) is 41.9 Å². The minimum Gasteiger partial charge on any atom is -0.433 e. The number of anilines is 1. The Hall–Kier alpha value is -2.45. The molecule has 4 nitrogen and oxygen atoms in total. The van der Waals surface area contributed by atoms with E-state index >= 15 is 0 Å². The van der Waals surface area contributed by atoms with Crippen molar-refractivity contribution in [2.24, 2.45) is 0 Å². The van der Waals surface area contributed by atoms with Crippen LogP contribution < -0.4 is 9.46 Å². The summed E-state index contributed by atoms with van der Waals surface area (Å²) in [6, 6.07) is 12.8. The molecule has 0 aliphatic rings. The standard InChI is InChI=1S/C17H12ClF3N2O2S/c18-12-7-15(13(19)8-16(12)25-17(20)21)23-26(24)11-6-14(22-9-11)10-4-2-1-3-5-10/h1-9,17,22-23H. The first-order chi connectivity index (χ1) is 12.4. The molecule has 0 amide bonds. The molecule has 0 saturated heterocycles. The Morgan fingerprint density at radius 1 is 1.15 bits per heavy atom. The zero-order valence-corrected chi connectivity index (χ0v) is 14.6. The lowest BCUT2D eigenvalue weighted by Gasteiger charge is -2.10. The quantitative estimate of drug-likeness (QED) is 0.596. The van der Waals surface area contributed by atoms with Gasteiger partial charge in [0.2, 0.25) is 0 Å². The number of hydrogen-bond acceptors (Lipinski definition) is 2. The summed E-state index contributed by atoms with van der Waals surface area (Å²) < 4.78 is 57.5. The minimum absolute atomic E-state index is 0.197. The lowest BCUT2D eigenvalue weighted by atomic mass is 10.2. The molecular weight excluding hydrogens is 389 g/mol. The van der Waals surface area contributed by atoms with Crippen LogP contribution in [0.2, 0.25) is 5.02 Å². The maximum atomic E-state index is 14.0. The molecule has 1 aromatic heterocycles. The maximum Gasteiger partial charge on any atom is 0.387 e. The van der Waals surface area contributed by atoms with Gasteiger partial charge in [-0.15, -0.1) is 0 Å². The van der Waals surface area contributed by atoms with E-state index < -0.39 is 29.2 Å². The van der Waals surface area contributed by atoms with Crippen molar-refractivity contribution < 1.29 is 22.1 Å². The number of alkyl halides is 2. The van der Waals surface area contributed by atoms with Crippen molar-refractivity contribution in [3.8, 4) is 17.0 Å². The molecule has 136 valence electrons. The number of ether oxygens (including phenoxy) is 1. The first-order valence-corrected chi connectivity index (χ1v) is 8.83. The number of benzene rings is 2.